The van der Waals surface area contributed by atoms with Crippen molar-refractivity contribution in [2.45, 2.75) is 25.3 Å². The van der Waals surface area contributed by atoms with Gasteiger partial charge in [0.15, 0.2) is 0 Å². The minimum absolute atomic E-state index is 0. The van der Waals surface area contributed by atoms with E-state index in [0.29, 0.717) is 0 Å². The smallest absolute Gasteiger partial charge is 0.309 e. The van der Waals surface area contributed by atoms with E-state index in [1.807, 2.05) is 19.1 Å². The van der Waals surface area contributed by atoms with E-state index in [-0.39, 0.29) is 36.3 Å². The van der Waals surface area contributed by atoms with Gasteiger partial charge in [0.1, 0.15) is 0 Å². The molecule has 2 rings (SSSR count). The van der Waals surface area contributed by atoms with E-state index < -0.39 is 0 Å². The van der Waals surface area contributed by atoms with Gasteiger partial charge in [-0.15, -0.1) is 12.4 Å². The van der Waals surface area contributed by atoms with E-state index in [1.54, 1.807) is 0 Å². The van der Waals surface area contributed by atoms with Crippen LogP contribution in [0.3, 0.4) is 0 Å². The molecule has 0 bridgehead atoms. The van der Waals surface area contributed by atoms with E-state index in [9.17, 15) is 4.79 Å². The van der Waals surface area contributed by atoms with E-state index in [4.69, 9.17) is 10.5 Å². The lowest BCUT2D eigenvalue weighted by Crippen LogP contribution is -2.33. The molecule has 94 valence electrons. The zero-order valence-electron chi connectivity index (χ0n) is 10.1. The molecule has 2 N–H and O–H groups in total. The van der Waals surface area contributed by atoms with Crippen LogP contribution < -0.4 is 5.73 Å². The van der Waals surface area contributed by atoms with Gasteiger partial charge >= 0.3 is 5.97 Å². The fourth-order valence-corrected chi connectivity index (χ4v) is 2.63. The van der Waals surface area contributed by atoms with E-state index in [0.717, 1.165) is 6.42 Å². The fraction of sp³-hybridized carbons (Fsp3) is 0.462. The SMILES string of the molecule is COC(=O)C(C)[C@@H]1c2ccccc2C[C@H]1N.Cl. The summed E-state index contributed by atoms with van der Waals surface area (Å²) in [5, 5.41) is 0. The van der Waals surface area contributed by atoms with Gasteiger partial charge in [-0.3, -0.25) is 4.79 Å². The van der Waals surface area contributed by atoms with Gasteiger partial charge < -0.3 is 10.5 Å². The zero-order valence-corrected chi connectivity index (χ0v) is 10.9. The van der Waals surface area contributed by atoms with Crippen molar-refractivity contribution in [1.82, 2.24) is 0 Å². The second-order valence-electron chi connectivity index (χ2n) is 4.40. The van der Waals surface area contributed by atoms with Crippen LogP contribution in [0, 0.1) is 5.92 Å². The summed E-state index contributed by atoms with van der Waals surface area (Å²) in [4.78, 5) is 11.6. The molecule has 0 heterocycles. The first-order chi connectivity index (χ1) is 7.65. The average Bonchev–Trinajstić information content (AvgIpc) is 2.63. The maximum absolute atomic E-state index is 11.6. The number of halogens is 1. The van der Waals surface area contributed by atoms with Crippen molar-refractivity contribution in [3.8, 4) is 0 Å². The van der Waals surface area contributed by atoms with Gasteiger partial charge in [-0.05, 0) is 17.5 Å². The third kappa shape index (κ3) is 2.45. The van der Waals surface area contributed by atoms with E-state index in [2.05, 4.69) is 12.1 Å². The molecule has 3 atom stereocenters. The molecule has 1 aromatic rings. The summed E-state index contributed by atoms with van der Waals surface area (Å²) in [5.74, 6) is -0.274. The van der Waals surface area contributed by atoms with E-state index >= 15 is 0 Å². The Hall–Kier alpha value is -1.06. The predicted octanol–water partition coefficient (Wildman–Crippen LogP) is 1.88. The molecule has 1 aromatic carbocycles. The van der Waals surface area contributed by atoms with Gasteiger partial charge in [0.2, 0.25) is 0 Å². The van der Waals surface area contributed by atoms with Crippen LogP contribution in [0.15, 0.2) is 24.3 Å². The molecule has 0 aliphatic heterocycles. The molecule has 0 saturated heterocycles. The highest BCUT2D eigenvalue weighted by atomic mass is 35.5. The summed E-state index contributed by atoms with van der Waals surface area (Å²) in [6.07, 6.45) is 0.849. The van der Waals surface area contributed by atoms with Crippen LogP contribution in [0.5, 0.6) is 0 Å². The maximum atomic E-state index is 11.6. The highest BCUT2D eigenvalue weighted by Crippen LogP contribution is 2.37. The first kappa shape index (κ1) is 14.0. The number of rotatable bonds is 2. The topological polar surface area (TPSA) is 52.3 Å². The van der Waals surface area contributed by atoms with Gasteiger partial charge in [-0.2, -0.15) is 0 Å². The molecular formula is C13H18ClNO2. The molecule has 0 radical (unpaired) electrons. The highest BCUT2D eigenvalue weighted by molar-refractivity contribution is 5.85. The Morgan fingerprint density at radius 2 is 2.12 bits per heavy atom. The third-order valence-electron chi connectivity index (χ3n) is 3.44. The van der Waals surface area contributed by atoms with Gasteiger partial charge in [-0.25, -0.2) is 0 Å². The van der Waals surface area contributed by atoms with Gasteiger partial charge in [-0.1, -0.05) is 31.2 Å². The van der Waals surface area contributed by atoms with Crippen molar-refractivity contribution < 1.29 is 9.53 Å². The molecule has 1 aliphatic rings. The summed E-state index contributed by atoms with van der Waals surface area (Å²) in [5.41, 5.74) is 8.58. The summed E-state index contributed by atoms with van der Waals surface area (Å²) < 4.78 is 4.79. The Kier molecular flexibility index (Phi) is 4.54. The summed E-state index contributed by atoms with van der Waals surface area (Å²) >= 11 is 0. The van der Waals surface area contributed by atoms with Crippen LogP contribution in [0.25, 0.3) is 0 Å². The minimum atomic E-state index is -0.183. The number of ether oxygens (including phenoxy) is 1. The van der Waals surface area contributed by atoms with Crippen molar-refractivity contribution in [3.63, 3.8) is 0 Å². The molecule has 0 amide bonds. The quantitative estimate of drug-likeness (QED) is 0.821. The van der Waals surface area contributed by atoms with Crippen LogP contribution in [0.1, 0.15) is 24.0 Å². The minimum Gasteiger partial charge on any atom is -0.469 e. The number of hydrogen-bond acceptors (Lipinski definition) is 3. The third-order valence-corrected chi connectivity index (χ3v) is 3.44. The molecule has 0 saturated carbocycles. The van der Waals surface area contributed by atoms with Gasteiger partial charge in [0, 0.05) is 12.0 Å². The van der Waals surface area contributed by atoms with Crippen molar-refractivity contribution in [2.75, 3.05) is 7.11 Å². The normalized spacial score (nSPS) is 23.5. The fourth-order valence-electron chi connectivity index (χ4n) is 2.63. The Labute approximate surface area is 108 Å². The molecule has 4 heteroatoms. The van der Waals surface area contributed by atoms with Crippen LogP contribution in [0.4, 0.5) is 0 Å². The number of hydrogen-bond donors (Lipinski definition) is 1. The molecular weight excluding hydrogens is 238 g/mol. The predicted molar refractivity (Wildman–Crippen MR) is 69.3 cm³/mol. The first-order valence-electron chi connectivity index (χ1n) is 5.56. The number of fused-ring (bicyclic) bond motifs is 1. The van der Waals surface area contributed by atoms with Crippen LogP contribution in [-0.4, -0.2) is 19.1 Å². The summed E-state index contributed by atoms with van der Waals surface area (Å²) in [7, 11) is 1.42. The van der Waals surface area contributed by atoms with Gasteiger partial charge in [0.25, 0.3) is 0 Å². The Balaban J connectivity index is 0.00000144. The molecule has 1 unspecified atom stereocenters. The average molecular weight is 256 g/mol. The Morgan fingerprint density at radius 1 is 1.47 bits per heavy atom. The van der Waals surface area contributed by atoms with Crippen molar-refractivity contribution in [2.24, 2.45) is 11.7 Å². The molecule has 3 nitrogen and oxygen atoms in total. The largest absolute Gasteiger partial charge is 0.469 e. The lowest BCUT2D eigenvalue weighted by atomic mass is 9.86. The number of carbonyl (C=O) groups excluding carboxylic acids is 1. The number of methoxy groups -OCH3 is 1. The highest BCUT2D eigenvalue weighted by Gasteiger charge is 2.37. The monoisotopic (exact) mass is 255 g/mol. The number of nitrogens with two attached hydrogens (primary N) is 1. The second kappa shape index (κ2) is 5.52. The maximum Gasteiger partial charge on any atom is 0.309 e. The first-order valence-corrected chi connectivity index (χ1v) is 5.56. The van der Waals surface area contributed by atoms with Gasteiger partial charge in [0.05, 0.1) is 13.0 Å². The summed E-state index contributed by atoms with van der Waals surface area (Å²) in [6, 6.07) is 8.17. The molecule has 0 aromatic heterocycles. The standard InChI is InChI=1S/C13H17NO2.ClH/c1-8(13(15)16-2)12-10-6-4-3-5-9(10)7-11(12)14;/h3-6,8,11-12H,7,14H2,1-2H3;1H/t8?,11-,12-;/m1./s1. The van der Waals surface area contributed by atoms with Crippen LogP contribution in [-0.2, 0) is 16.0 Å². The van der Waals surface area contributed by atoms with Crippen molar-refractivity contribution in [3.05, 3.63) is 35.4 Å². The lowest BCUT2D eigenvalue weighted by molar-refractivity contribution is -0.145. The van der Waals surface area contributed by atoms with Crippen LogP contribution in [0.2, 0.25) is 0 Å². The molecule has 17 heavy (non-hydrogen) atoms. The zero-order chi connectivity index (χ0) is 11.7. The van der Waals surface area contributed by atoms with Crippen molar-refractivity contribution >= 4 is 18.4 Å². The van der Waals surface area contributed by atoms with Crippen LogP contribution >= 0.6 is 12.4 Å². The second-order valence-corrected chi connectivity index (χ2v) is 4.40. The molecule has 1 aliphatic carbocycles. The number of esters is 1. The molecule has 0 fully saturated rings. The number of benzene rings is 1. The lowest BCUT2D eigenvalue weighted by Gasteiger charge is -2.22. The Bertz CT molecular complexity index is 408. The van der Waals surface area contributed by atoms with Crippen molar-refractivity contribution in [1.29, 1.82) is 0 Å². The summed E-state index contributed by atoms with van der Waals surface area (Å²) in [6.45, 7) is 1.89. The number of carbonyl (C=O) groups is 1. The van der Waals surface area contributed by atoms with E-state index in [1.165, 1.54) is 18.2 Å². The Morgan fingerprint density at radius 3 is 2.76 bits per heavy atom. The molecule has 0 spiro atoms.